The van der Waals surface area contributed by atoms with Crippen molar-refractivity contribution < 1.29 is 17.6 Å². The smallest absolute Gasteiger partial charge is 0.255 e. The third-order valence-electron chi connectivity index (χ3n) is 3.62. The standard InChI is InChI=1S/C16H17FN2O3S/c1-9-4-5-13(8-14(9)17)19-16(20)12-6-10(2)11(3)15(7-12)23(18,21)22/h4-8H,1-3H3,(H,19,20)(H2,18,21,22). The van der Waals surface area contributed by atoms with Gasteiger partial charge in [-0.1, -0.05) is 6.07 Å². The molecule has 0 atom stereocenters. The van der Waals surface area contributed by atoms with Crippen molar-refractivity contribution in [2.45, 2.75) is 25.7 Å². The van der Waals surface area contributed by atoms with Crippen molar-refractivity contribution in [2.75, 3.05) is 5.32 Å². The fraction of sp³-hybridized carbons (Fsp3) is 0.188. The van der Waals surface area contributed by atoms with Gasteiger partial charge in [-0.2, -0.15) is 0 Å². The molecule has 7 heteroatoms. The van der Waals surface area contributed by atoms with E-state index in [2.05, 4.69) is 5.32 Å². The number of rotatable bonds is 3. The zero-order valence-corrected chi connectivity index (χ0v) is 13.8. The van der Waals surface area contributed by atoms with Gasteiger partial charge in [0.1, 0.15) is 5.82 Å². The molecular formula is C16H17FN2O3S. The molecule has 23 heavy (non-hydrogen) atoms. The molecule has 0 radical (unpaired) electrons. The van der Waals surface area contributed by atoms with E-state index in [0.29, 0.717) is 16.7 Å². The number of sulfonamides is 1. The number of primary sulfonamides is 1. The number of benzene rings is 2. The van der Waals surface area contributed by atoms with E-state index in [4.69, 9.17) is 5.14 Å². The van der Waals surface area contributed by atoms with Crippen LogP contribution in [-0.4, -0.2) is 14.3 Å². The van der Waals surface area contributed by atoms with Crippen LogP contribution in [0.2, 0.25) is 0 Å². The van der Waals surface area contributed by atoms with Gasteiger partial charge in [0.15, 0.2) is 0 Å². The van der Waals surface area contributed by atoms with Crippen LogP contribution >= 0.6 is 0 Å². The van der Waals surface area contributed by atoms with E-state index in [1.54, 1.807) is 39.0 Å². The van der Waals surface area contributed by atoms with Crippen molar-refractivity contribution in [3.63, 3.8) is 0 Å². The van der Waals surface area contributed by atoms with Crippen molar-refractivity contribution >= 4 is 21.6 Å². The van der Waals surface area contributed by atoms with Crippen LogP contribution in [0.1, 0.15) is 27.0 Å². The molecule has 0 saturated carbocycles. The van der Waals surface area contributed by atoms with Gasteiger partial charge in [-0.15, -0.1) is 0 Å². The molecule has 0 heterocycles. The number of carbonyl (C=O) groups is 1. The Morgan fingerprint density at radius 2 is 1.74 bits per heavy atom. The highest BCUT2D eigenvalue weighted by molar-refractivity contribution is 7.89. The number of amides is 1. The van der Waals surface area contributed by atoms with E-state index >= 15 is 0 Å². The quantitative estimate of drug-likeness (QED) is 0.903. The molecule has 0 aromatic heterocycles. The van der Waals surface area contributed by atoms with Crippen molar-refractivity contribution in [3.05, 3.63) is 58.4 Å². The lowest BCUT2D eigenvalue weighted by atomic mass is 10.1. The minimum Gasteiger partial charge on any atom is -0.322 e. The zero-order chi connectivity index (χ0) is 17.4. The van der Waals surface area contributed by atoms with Crippen LogP contribution in [-0.2, 0) is 10.0 Å². The highest BCUT2D eigenvalue weighted by Crippen LogP contribution is 2.21. The number of carbonyl (C=O) groups excluding carboxylic acids is 1. The van der Waals surface area contributed by atoms with Crippen LogP contribution in [0.4, 0.5) is 10.1 Å². The van der Waals surface area contributed by atoms with Gasteiger partial charge in [-0.25, -0.2) is 17.9 Å². The summed E-state index contributed by atoms with van der Waals surface area (Å²) in [6.45, 7) is 4.92. The molecule has 1 amide bonds. The van der Waals surface area contributed by atoms with E-state index in [1.807, 2.05) is 0 Å². The predicted octanol–water partition coefficient (Wildman–Crippen LogP) is 2.65. The minimum atomic E-state index is -3.94. The summed E-state index contributed by atoms with van der Waals surface area (Å²) in [7, 11) is -3.94. The van der Waals surface area contributed by atoms with Gasteiger partial charge in [0, 0.05) is 11.3 Å². The van der Waals surface area contributed by atoms with Gasteiger partial charge in [0.2, 0.25) is 10.0 Å². The third kappa shape index (κ3) is 3.75. The molecule has 0 fully saturated rings. The van der Waals surface area contributed by atoms with Crippen LogP contribution < -0.4 is 10.5 Å². The second-order valence-corrected chi connectivity index (χ2v) is 6.91. The zero-order valence-electron chi connectivity index (χ0n) is 13.0. The Bertz CT molecular complexity index is 892. The predicted molar refractivity (Wildman–Crippen MR) is 86.4 cm³/mol. The topological polar surface area (TPSA) is 89.3 Å². The minimum absolute atomic E-state index is 0.0993. The largest absolute Gasteiger partial charge is 0.322 e. The fourth-order valence-corrected chi connectivity index (χ4v) is 3.01. The van der Waals surface area contributed by atoms with E-state index < -0.39 is 21.7 Å². The van der Waals surface area contributed by atoms with Crippen LogP contribution in [0, 0.1) is 26.6 Å². The lowest BCUT2D eigenvalue weighted by Gasteiger charge is -2.11. The molecule has 2 rings (SSSR count). The average molecular weight is 336 g/mol. The maximum absolute atomic E-state index is 13.5. The number of halogens is 1. The van der Waals surface area contributed by atoms with Gasteiger partial charge in [-0.05, 0) is 61.7 Å². The average Bonchev–Trinajstić information content (AvgIpc) is 2.44. The second kappa shape index (κ2) is 6.10. The van der Waals surface area contributed by atoms with Gasteiger partial charge < -0.3 is 5.32 Å². The summed E-state index contributed by atoms with van der Waals surface area (Å²) in [4.78, 5) is 12.2. The van der Waals surface area contributed by atoms with Crippen LogP contribution in [0.3, 0.4) is 0 Å². The lowest BCUT2D eigenvalue weighted by Crippen LogP contribution is -2.18. The SMILES string of the molecule is Cc1ccc(NC(=O)c2cc(C)c(C)c(S(N)(=O)=O)c2)cc1F. The Hall–Kier alpha value is -2.25. The monoisotopic (exact) mass is 336 g/mol. The highest BCUT2D eigenvalue weighted by atomic mass is 32.2. The normalized spacial score (nSPS) is 11.3. The molecule has 0 saturated heterocycles. The number of nitrogens with two attached hydrogens (primary N) is 1. The lowest BCUT2D eigenvalue weighted by molar-refractivity contribution is 0.102. The molecule has 0 unspecified atom stereocenters. The first kappa shape index (κ1) is 17.1. The summed E-state index contributed by atoms with van der Waals surface area (Å²) in [5.41, 5.74) is 2.00. The molecule has 0 aliphatic heterocycles. The van der Waals surface area contributed by atoms with Crippen LogP contribution in [0.25, 0.3) is 0 Å². The van der Waals surface area contributed by atoms with Crippen molar-refractivity contribution in [3.8, 4) is 0 Å². The maximum Gasteiger partial charge on any atom is 0.255 e. The number of hydrogen-bond acceptors (Lipinski definition) is 3. The summed E-state index contributed by atoms with van der Waals surface area (Å²) in [6, 6.07) is 7.09. The number of anilines is 1. The molecule has 0 aliphatic carbocycles. The molecule has 2 aromatic rings. The Balaban J connectivity index is 2.40. The van der Waals surface area contributed by atoms with Crippen molar-refractivity contribution in [1.82, 2.24) is 0 Å². The van der Waals surface area contributed by atoms with E-state index in [9.17, 15) is 17.6 Å². The molecule has 0 bridgehead atoms. The molecule has 122 valence electrons. The molecule has 0 aliphatic rings. The highest BCUT2D eigenvalue weighted by Gasteiger charge is 2.17. The van der Waals surface area contributed by atoms with Gasteiger partial charge >= 0.3 is 0 Å². The molecule has 0 spiro atoms. The van der Waals surface area contributed by atoms with Gasteiger partial charge in [-0.3, -0.25) is 4.79 Å². The van der Waals surface area contributed by atoms with Gasteiger partial charge in [0.05, 0.1) is 4.90 Å². The third-order valence-corrected chi connectivity index (χ3v) is 4.66. The van der Waals surface area contributed by atoms with Crippen LogP contribution in [0.15, 0.2) is 35.2 Å². The Labute approximate surface area is 134 Å². The van der Waals surface area contributed by atoms with Crippen LogP contribution in [0.5, 0.6) is 0 Å². The van der Waals surface area contributed by atoms with Crippen molar-refractivity contribution in [2.24, 2.45) is 5.14 Å². The first-order chi connectivity index (χ1) is 10.6. The molecular weight excluding hydrogens is 319 g/mol. The first-order valence-corrected chi connectivity index (χ1v) is 8.36. The van der Waals surface area contributed by atoms with E-state index in [-0.39, 0.29) is 16.1 Å². The molecule has 3 N–H and O–H groups in total. The first-order valence-electron chi connectivity index (χ1n) is 6.81. The maximum atomic E-state index is 13.5. The summed E-state index contributed by atoms with van der Waals surface area (Å²) < 4.78 is 36.8. The van der Waals surface area contributed by atoms with Gasteiger partial charge in [0.25, 0.3) is 5.91 Å². The number of hydrogen-bond donors (Lipinski definition) is 2. The summed E-state index contributed by atoms with van der Waals surface area (Å²) in [5, 5.41) is 7.71. The van der Waals surface area contributed by atoms with E-state index in [1.165, 1.54) is 12.1 Å². The Kier molecular flexibility index (Phi) is 4.53. The second-order valence-electron chi connectivity index (χ2n) is 5.38. The summed E-state index contributed by atoms with van der Waals surface area (Å²) in [6.07, 6.45) is 0. The number of aryl methyl sites for hydroxylation is 2. The van der Waals surface area contributed by atoms with Crippen molar-refractivity contribution in [1.29, 1.82) is 0 Å². The summed E-state index contributed by atoms with van der Waals surface area (Å²) >= 11 is 0. The molecule has 2 aromatic carbocycles. The molecule has 5 nitrogen and oxygen atoms in total. The number of nitrogens with one attached hydrogen (secondary N) is 1. The Morgan fingerprint density at radius 3 is 2.30 bits per heavy atom. The fourth-order valence-electron chi connectivity index (χ4n) is 2.13. The Morgan fingerprint density at radius 1 is 1.09 bits per heavy atom. The van der Waals surface area contributed by atoms with E-state index in [0.717, 1.165) is 0 Å². The summed E-state index contributed by atoms with van der Waals surface area (Å²) in [5.74, 6) is -0.977.